The van der Waals surface area contributed by atoms with E-state index in [2.05, 4.69) is 30.6 Å². The third-order valence-corrected chi connectivity index (χ3v) is 5.79. The Bertz CT molecular complexity index is 1820. The molecule has 3 aromatic heterocycles. The monoisotopic (exact) mass is 564 g/mol. The van der Waals surface area contributed by atoms with Crippen LogP contribution in [0.2, 0.25) is 5.02 Å². The molecule has 0 spiro atoms. The second kappa shape index (κ2) is 10.4. The summed E-state index contributed by atoms with van der Waals surface area (Å²) in [5, 5.41) is 18.7. The second-order valence-electron chi connectivity index (χ2n) is 8.10. The molecule has 0 saturated carbocycles. The number of benzene rings is 2. The molecule has 0 amide bonds. The SMILES string of the molecule is Cc1cc(=O)oc2cc(Oc3nc(NC(=S)Nc4cccc(Cl)c4)nc(-n4c([N+](=O)[O-])cnc4C)n3)ccc12. The molecule has 3 heterocycles. The van der Waals surface area contributed by atoms with Crippen LogP contribution in [-0.2, 0) is 0 Å². The number of anilines is 2. The topological polar surface area (TPSA) is 163 Å². The first-order chi connectivity index (χ1) is 18.7. The van der Waals surface area contributed by atoms with Crippen LogP contribution in [0.4, 0.5) is 17.5 Å². The first-order valence-electron chi connectivity index (χ1n) is 11.2. The number of imidazole rings is 1. The Hall–Kier alpha value is -4.95. The number of thiocarbonyl (C=S) groups is 1. The minimum Gasteiger partial charge on any atom is -0.424 e. The van der Waals surface area contributed by atoms with Crippen molar-refractivity contribution >= 4 is 57.4 Å². The van der Waals surface area contributed by atoms with Gasteiger partial charge < -0.3 is 29.9 Å². The summed E-state index contributed by atoms with van der Waals surface area (Å²) in [5.74, 6) is -0.0700. The molecule has 39 heavy (non-hydrogen) atoms. The Balaban J connectivity index is 1.53. The molecule has 0 atom stereocenters. The largest absolute Gasteiger partial charge is 0.424 e. The van der Waals surface area contributed by atoms with Gasteiger partial charge >= 0.3 is 23.4 Å². The molecule has 5 aromatic rings. The van der Waals surface area contributed by atoms with Crippen molar-refractivity contribution in [3.8, 4) is 17.7 Å². The molecular formula is C24H17ClN8O5S. The first kappa shape index (κ1) is 25.7. The molecule has 0 unspecified atom stereocenters. The van der Waals surface area contributed by atoms with Crippen molar-refractivity contribution in [2.75, 3.05) is 10.6 Å². The molecule has 2 aromatic carbocycles. The highest BCUT2D eigenvalue weighted by Crippen LogP contribution is 2.27. The minimum absolute atomic E-state index is 0.0694. The zero-order chi connectivity index (χ0) is 27.7. The number of nitrogens with one attached hydrogen (secondary N) is 2. The highest BCUT2D eigenvalue weighted by Gasteiger charge is 2.24. The quantitative estimate of drug-likeness (QED) is 0.124. The molecule has 2 N–H and O–H groups in total. The van der Waals surface area contributed by atoms with Gasteiger partial charge in [-0.15, -0.1) is 9.55 Å². The van der Waals surface area contributed by atoms with Crippen molar-refractivity contribution in [3.63, 3.8) is 0 Å². The molecule has 13 nitrogen and oxygen atoms in total. The average Bonchev–Trinajstić information content (AvgIpc) is 3.25. The fraction of sp³-hybridized carbons (Fsp3) is 0.0833. The predicted molar refractivity (Wildman–Crippen MR) is 147 cm³/mol. The molecule has 0 aliphatic carbocycles. The van der Waals surface area contributed by atoms with Gasteiger partial charge in [0.25, 0.3) is 0 Å². The predicted octanol–water partition coefficient (Wildman–Crippen LogP) is 4.94. The van der Waals surface area contributed by atoms with Crippen LogP contribution >= 0.6 is 23.8 Å². The Labute approximate surface area is 229 Å². The lowest BCUT2D eigenvalue weighted by Gasteiger charge is -2.11. The molecule has 0 fully saturated rings. The summed E-state index contributed by atoms with van der Waals surface area (Å²) < 4.78 is 12.3. The highest BCUT2D eigenvalue weighted by molar-refractivity contribution is 7.80. The van der Waals surface area contributed by atoms with E-state index in [4.69, 9.17) is 33.0 Å². The lowest BCUT2D eigenvalue weighted by molar-refractivity contribution is -0.391. The van der Waals surface area contributed by atoms with Crippen LogP contribution in [0.15, 0.2) is 63.9 Å². The number of fused-ring (bicyclic) bond motifs is 1. The standard InChI is InChI=1S/C24H17ClN8O5S/c1-12-8-20(34)38-18-10-16(6-7-17(12)18)37-23-29-21(30-24(39)27-15-5-3-4-14(25)9-15)28-22(31-23)32-13(2)26-11-19(32)33(35)36/h3-11H,1-2H3,(H2,27,28,29,30,31,39). The zero-order valence-electron chi connectivity index (χ0n) is 20.2. The van der Waals surface area contributed by atoms with Crippen LogP contribution in [-0.4, -0.2) is 34.5 Å². The summed E-state index contributed by atoms with van der Waals surface area (Å²) in [7, 11) is 0. The summed E-state index contributed by atoms with van der Waals surface area (Å²) in [6.45, 7) is 3.35. The fourth-order valence-electron chi connectivity index (χ4n) is 3.66. The summed E-state index contributed by atoms with van der Waals surface area (Å²) >= 11 is 11.4. The van der Waals surface area contributed by atoms with Gasteiger partial charge in [-0.05, 0) is 60.0 Å². The number of nitrogens with zero attached hydrogens (tertiary/aromatic N) is 6. The molecule has 196 valence electrons. The summed E-state index contributed by atoms with van der Waals surface area (Å²) in [4.78, 5) is 39.6. The number of hydrogen-bond acceptors (Lipinski definition) is 10. The van der Waals surface area contributed by atoms with Gasteiger partial charge in [0.15, 0.2) is 5.11 Å². The first-order valence-corrected chi connectivity index (χ1v) is 12.0. The van der Waals surface area contributed by atoms with E-state index in [1.165, 1.54) is 12.1 Å². The number of rotatable bonds is 6. The zero-order valence-corrected chi connectivity index (χ0v) is 21.8. The van der Waals surface area contributed by atoms with Gasteiger partial charge in [-0.25, -0.2) is 9.78 Å². The lowest BCUT2D eigenvalue weighted by Crippen LogP contribution is -2.21. The molecular weight excluding hydrogens is 548 g/mol. The Morgan fingerprint density at radius 2 is 1.95 bits per heavy atom. The van der Waals surface area contributed by atoms with Crippen molar-refractivity contribution < 1.29 is 14.1 Å². The van der Waals surface area contributed by atoms with Gasteiger partial charge in [-0.2, -0.15) is 9.97 Å². The normalized spacial score (nSPS) is 10.8. The van der Waals surface area contributed by atoms with Gasteiger partial charge in [0.05, 0.1) is 0 Å². The smallest absolute Gasteiger partial charge is 0.350 e. The number of nitro groups is 1. The maximum absolute atomic E-state index is 11.8. The number of ether oxygens (including phenoxy) is 1. The Morgan fingerprint density at radius 1 is 1.13 bits per heavy atom. The molecule has 0 aliphatic heterocycles. The van der Waals surface area contributed by atoms with Gasteiger partial charge in [0, 0.05) is 35.2 Å². The van der Waals surface area contributed by atoms with Crippen molar-refractivity contribution in [3.05, 3.63) is 91.7 Å². The van der Waals surface area contributed by atoms with Crippen molar-refractivity contribution in [1.29, 1.82) is 0 Å². The molecule has 0 aliphatic rings. The average molecular weight is 565 g/mol. The van der Waals surface area contributed by atoms with E-state index in [0.717, 1.165) is 21.7 Å². The van der Waals surface area contributed by atoms with Crippen LogP contribution in [0.25, 0.3) is 16.9 Å². The van der Waals surface area contributed by atoms with E-state index in [0.29, 0.717) is 16.3 Å². The van der Waals surface area contributed by atoms with E-state index in [9.17, 15) is 14.9 Å². The van der Waals surface area contributed by atoms with Crippen LogP contribution in [0, 0.1) is 24.0 Å². The maximum Gasteiger partial charge on any atom is 0.350 e. The third kappa shape index (κ3) is 5.66. The van der Waals surface area contributed by atoms with Crippen LogP contribution in [0.5, 0.6) is 11.8 Å². The van der Waals surface area contributed by atoms with Gasteiger partial charge in [0.2, 0.25) is 11.8 Å². The molecule has 0 radical (unpaired) electrons. The van der Waals surface area contributed by atoms with E-state index < -0.39 is 10.5 Å². The van der Waals surface area contributed by atoms with Gasteiger partial charge in [-0.3, -0.25) is 0 Å². The maximum atomic E-state index is 11.8. The van der Waals surface area contributed by atoms with E-state index in [-0.39, 0.29) is 40.4 Å². The van der Waals surface area contributed by atoms with Crippen molar-refractivity contribution in [1.82, 2.24) is 24.5 Å². The third-order valence-electron chi connectivity index (χ3n) is 5.35. The van der Waals surface area contributed by atoms with Crippen LogP contribution in [0.1, 0.15) is 11.4 Å². The fourth-order valence-corrected chi connectivity index (χ4v) is 4.06. The number of aryl methyl sites for hydroxylation is 2. The number of hydrogen-bond donors (Lipinski definition) is 2. The van der Waals surface area contributed by atoms with Crippen molar-refractivity contribution in [2.24, 2.45) is 0 Å². The summed E-state index contributed by atoms with van der Waals surface area (Å²) in [6.07, 6.45) is 1.09. The summed E-state index contributed by atoms with van der Waals surface area (Å²) in [5.41, 5.74) is 1.15. The number of aromatic nitrogens is 5. The van der Waals surface area contributed by atoms with E-state index in [1.807, 2.05) is 0 Å². The van der Waals surface area contributed by atoms with Crippen LogP contribution < -0.4 is 21.0 Å². The Morgan fingerprint density at radius 3 is 2.72 bits per heavy atom. The number of halogens is 1. The van der Waals surface area contributed by atoms with Gasteiger partial charge in [0.1, 0.15) is 17.5 Å². The second-order valence-corrected chi connectivity index (χ2v) is 8.94. The summed E-state index contributed by atoms with van der Waals surface area (Å²) in [6, 6.07) is 12.9. The molecule has 5 rings (SSSR count). The van der Waals surface area contributed by atoms with Crippen molar-refractivity contribution in [2.45, 2.75) is 13.8 Å². The highest BCUT2D eigenvalue weighted by atomic mass is 35.5. The minimum atomic E-state index is -0.615. The molecule has 0 saturated heterocycles. The van der Waals surface area contributed by atoms with Gasteiger partial charge in [-0.1, -0.05) is 17.7 Å². The Kier molecular flexibility index (Phi) is 6.87. The van der Waals surface area contributed by atoms with E-state index in [1.54, 1.807) is 50.2 Å². The molecule has 0 bridgehead atoms. The van der Waals surface area contributed by atoms with Crippen LogP contribution in [0.3, 0.4) is 0 Å². The van der Waals surface area contributed by atoms with E-state index >= 15 is 0 Å². The molecule has 15 heteroatoms. The lowest BCUT2D eigenvalue weighted by atomic mass is 10.1.